The molecule has 82 valence electrons. The van der Waals surface area contributed by atoms with Crippen molar-refractivity contribution in [1.29, 1.82) is 0 Å². The maximum Gasteiger partial charge on any atom is 0.134 e. The van der Waals surface area contributed by atoms with Crippen LogP contribution in [0.2, 0.25) is 0 Å². The molecule has 0 saturated heterocycles. The van der Waals surface area contributed by atoms with Crippen molar-refractivity contribution in [2.24, 2.45) is 5.73 Å². The summed E-state index contributed by atoms with van der Waals surface area (Å²) in [4.78, 5) is 0. The van der Waals surface area contributed by atoms with E-state index in [1.54, 1.807) is 0 Å². The molecule has 1 aliphatic carbocycles. The van der Waals surface area contributed by atoms with E-state index in [2.05, 4.69) is 0 Å². The fraction of sp³-hybridized carbons (Fsp3) is 0.455. The maximum atomic E-state index is 13.6. The predicted octanol–water partition coefficient (Wildman–Crippen LogP) is 2.31. The lowest BCUT2D eigenvalue weighted by molar-refractivity contribution is 0.234. The van der Waals surface area contributed by atoms with Crippen LogP contribution < -0.4 is 10.5 Å². The third-order valence-electron chi connectivity index (χ3n) is 2.98. The summed E-state index contributed by atoms with van der Waals surface area (Å²) >= 11 is 0. The van der Waals surface area contributed by atoms with Gasteiger partial charge in [-0.25, -0.2) is 8.78 Å². The van der Waals surface area contributed by atoms with Gasteiger partial charge in [-0.05, 0) is 19.3 Å². The van der Waals surface area contributed by atoms with E-state index in [1.807, 2.05) is 0 Å². The zero-order valence-corrected chi connectivity index (χ0v) is 8.52. The van der Waals surface area contributed by atoms with Crippen LogP contribution in [0.3, 0.4) is 0 Å². The van der Waals surface area contributed by atoms with Gasteiger partial charge in [0, 0.05) is 23.2 Å². The molecule has 0 atom stereocenters. The highest BCUT2D eigenvalue weighted by atomic mass is 19.1. The van der Waals surface area contributed by atoms with Crippen LogP contribution in [0.4, 0.5) is 8.78 Å². The van der Waals surface area contributed by atoms with E-state index < -0.39 is 17.2 Å². The van der Waals surface area contributed by atoms with Gasteiger partial charge in [0.1, 0.15) is 17.4 Å². The summed E-state index contributed by atoms with van der Waals surface area (Å²) in [7, 11) is 1.39. The summed E-state index contributed by atoms with van der Waals surface area (Å²) < 4.78 is 31.5. The molecule has 2 N–H and O–H groups in total. The van der Waals surface area contributed by atoms with Crippen molar-refractivity contribution in [3.05, 3.63) is 29.3 Å². The Morgan fingerprint density at radius 1 is 1.33 bits per heavy atom. The van der Waals surface area contributed by atoms with Gasteiger partial charge in [0.05, 0.1) is 7.11 Å². The normalized spacial score (nSPS) is 18.4. The lowest BCUT2D eigenvalue weighted by Crippen LogP contribution is -2.44. The summed E-state index contributed by atoms with van der Waals surface area (Å²) in [5, 5.41) is 0. The molecule has 2 rings (SSSR count). The standard InChI is InChI=1S/C11H13F2NO/c1-15-9-6-7(12)5-8(13)10(9)11(14)3-2-4-11/h5-6H,2-4,14H2,1H3. The van der Waals surface area contributed by atoms with Crippen LogP contribution in [0.15, 0.2) is 12.1 Å². The van der Waals surface area contributed by atoms with Crippen LogP contribution in [0.1, 0.15) is 24.8 Å². The van der Waals surface area contributed by atoms with Crippen LogP contribution in [-0.4, -0.2) is 7.11 Å². The van der Waals surface area contributed by atoms with E-state index in [-0.39, 0.29) is 5.75 Å². The highest BCUT2D eigenvalue weighted by molar-refractivity contribution is 5.42. The van der Waals surface area contributed by atoms with Gasteiger partial charge < -0.3 is 10.5 Å². The van der Waals surface area contributed by atoms with E-state index in [1.165, 1.54) is 13.2 Å². The van der Waals surface area contributed by atoms with Crippen LogP contribution in [0.5, 0.6) is 5.75 Å². The van der Waals surface area contributed by atoms with E-state index in [4.69, 9.17) is 10.5 Å². The highest BCUT2D eigenvalue weighted by Crippen LogP contribution is 2.44. The Labute approximate surface area is 87.0 Å². The average Bonchev–Trinajstić information content (AvgIpc) is 2.13. The maximum absolute atomic E-state index is 13.6. The van der Waals surface area contributed by atoms with Gasteiger partial charge in [0.2, 0.25) is 0 Å². The quantitative estimate of drug-likeness (QED) is 0.818. The fourth-order valence-electron chi connectivity index (χ4n) is 2.00. The SMILES string of the molecule is COc1cc(F)cc(F)c1C1(N)CCC1. The minimum absolute atomic E-state index is 0.203. The molecule has 15 heavy (non-hydrogen) atoms. The Morgan fingerprint density at radius 3 is 2.47 bits per heavy atom. The first-order valence-electron chi connectivity index (χ1n) is 4.89. The third kappa shape index (κ3) is 1.59. The zero-order chi connectivity index (χ0) is 11.1. The van der Waals surface area contributed by atoms with Gasteiger partial charge in [0.25, 0.3) is 0 Å². The zero-order valence-electron chi connectivity index (χ0n) is 8.52. The molecular weight excluding hydrogens is 200 g/mol. The first kappa shape index (κ1) is 10.4. The Morgan fingerprint density at radius 2 is 2.00 bits per heavy atom. The number of halogens is 2. The predicted molar refractivity (Wildman–Crippen MR) is 52.6 cm³/mol. The lowest BCUT2D eigenvalue weighted by atomic mass is 9.72. The average molecular weight is 213 g/mol. The van der Waals surface area contributed by atoms with E-state index in [0.29, 0.717) is 18.4 Å². The van der Waals surface area contributed by atoms with Crippen LogP contribution >= 0.6 is 0 Å². The number of methoxy groups -OCH3 is 1. The van der Waals surface area contributed by atoms with Crippen molar-refractivity contribution < 1.29 is 13.5 Å². The van der Waals surface area contributed by atoms with Gasteiger partial charge in [-0.1, -0.05) is 0 Å². The molecule has 1 aromatic carbocycles. The summed E-state index contributed by atoms with van der Waals surface area (Å²) in [6.45, 7) is 0. The van der Waals surface area contributed by atoms with Crippen molar-refractivity contribution in [3.63, 3.8) is 0 Å². The first-order chi connectivity index (χ1) is 7.07. The van der Waals surface area contributed by atoms with Crippen LogP contribution in [-0.2, 0) is 5.54 Å². The van der Waals surface area contributed by atoms with Crippen molar-refractivity contribution in [2.45, 2.75) is 24.8 Å². The first-order valence-corrected chi connectivity index (χ1v) is 4.89. The fourth-order valence-corrected chi connectivity index (χ4v) is 2.00. The second kappa shape index (κ2) is 3.45. The molecule has 1 fully saturated rings. The third-order valence-corrected chi connectivity index (χ3v) is 2.98. The molecule has 0 bridgehead atoms. The molecule has 0 amide bonds. The number of hydrogen-bond donors (Lipinski definition) is 1. The van der Waals surface area contributed by atoms with Gasteiger partial charge >= 0.3 is 0 Å². The Kier molecular flexibility index (Phi) is 2.38. The number of ether oxygens (including phenoxy) is 1. The number of benzene rings is 1. The minimum Gasteiger partial charge on any atom is -0.496 e. The number of nitrogens with two attached hydrogens (primary N) is 1. The molecule has 4 heteroatoms. The Balaban J connectivity index is 2.53. The summed E-state index contributed by atoms with van der Waals surface area (Å²) in [6.07, 6.45) is 2.40. The van der Waals surface area contributed by atoms with E-state index in [0.717, 1.165) is 12.5 Å². The monoisotopic (exact) mass is 213 g/mol. The number of hydrogen-bond acceptors (Lipinski definition) is 2. The van der Waals surface area contributed by atoms with Crippen molar-refractivity contribution in [2.75, 3.05) is 7.11 Å². The molecule has 0 aromatic heterocycles. The molecule has 1 saturated carbocycles. The Bertz CT molecular complexity index is 388. The number of rotatable bonds is 2. The van der Waals surface area contributed by atoms with Crippen molar-refractivity contribution >= 4 is 0 Å². The molecule has 0 spiro atoms. The molecule has 0 radical (unpaired) electrons. The van der Waals surface area contributed by atoms with Gasteiger partial charge in [0.15, 0.2) is 0 Å². The molecule has 1 aromatic rings. The topological polar surface area (TPSA) is 35.2 Å². The van der Waals surface area contributed by atoms with Crippen molar-refractivity contribution in [1.82, 2.24) is 0 Å². The Hall–Kier alpha value is -1.16. The second-order valence-electron chi connectivity index (χ2n) is 3.97. The molecule has 1 aliphatic rings. The van der Waals surface area contributed by atoms with Gasteiger partial charge in [-0.15, -0.1) is 0 Å². The molecule has 2 nitrogen and oxygen atoms in total. The van der Waals surface area contributed by atoms with Crippen LogP contribution in [0.25, 0.3) is 0 Å². The highest BCUT2D eigenvalue weighted by Gasteiger charge is 2.39. The second-order valence-corrected chi connectivity index (χ2v) is 3.97. The van der Waals surface area contributed by atoms with Gasteiger partial charge in [-0.2, -0.15) is 0 Å². The van der Waals surface area contributed by atoms with Crippen LogP contribution in [0, 0.1) is 11.6 Å². The van der Waals surface area contributed by atoms with E-state index in [9.17, 15) is 8.78 Å². The molecule has 0 aliphatic heterocycles. The van der Waals surface area contributed by atoms with Gasteiger partial charge in [-0.3, -0.25) is 0 Å². The summed E-state index contributed by atoms with van der Waals surface area (Å²) in [5.74, 6) is -1.06. The molecule has 0 heterocycles. The molecular formula is C11H13F2NO. The summed E-state index contributed by atoms with van der Waals surface area (Å²) in [6, 6.07) is 2.02. The molecule has 0 unspecified atom stereocenters. The lowest BCUT2D eigenvalue weighted by Gasteiger charge is -2.39. The smallest absolute Gasteiger partial charge is 0.134 e. The van der Waals surface area contributed by atoms with E-state index >= 15 is 0 Å². The minimum atomic E-state index is -0.677. The van der Waals surface area contributed by atoms with Crippen molar-refractivity contribution in [3.8, 4) is 5.75 Å². The largest absolute Gasteiger partial charge is 0.496 e. The summed E-state index contributed by atoms with van der Waals surface area (Å²) in [5.41, 5.74) is 5.63.